The molecule has 2 N–H and O–H groups in total. The van der Waals surface area contributed by atoms with E-state index in [2.05, 4.69) is 4.90 Å². The molecule has 0 spiro atoms. The third-order valence-electron chi connectivity index (χ3n) is 4.09. The minimum Gasteiger partial charge on any atom is -0.329 e. The van der Waals surface area contributed by atoms with Crippen LogP contribution in [0.15, 0.2) is 18.2 Å². The summed E-state index contributed by atoms with van der Waals surface area (Å²) in [7, 11) is -0.929. The minimum atomic E-state index is -2.88. The predicted molar refractivity (Wildman–Crippen MR) is 82.8 cm³/mol. The van der Waals surface area contributed by atoms with Gasteiger partial charge in [-0.2, -0.15) is 0 Å². The SMILES string of the molecule is Cc1cc(Cl)ccc1C(CN)N(C)C1CCS(=O)(=O)C1. The van der Waals surface area contributed by atoms with Gasteiger partial charge in [-0.1, -0.05) is 17.7 Å². The van der Waals surface area contributed by atoms with Gasteiger partial charge in [-0.25, -0.2) is 8.42 Å². The number of hydrogen-bond acceptors (Lipinski definition) is 4. The molecule has 20 heavy (non-hydrogen) atoms. The van der Waals surface area contributed by atoms with Crippen LogP contribution in [0.4, 0.5) is 0 Å². The predicted octanol–water partition coefficient (Wildman–Crippen LogP) is 1.77. The second-order valence-corrected chi connectivity index (χ2v) is 8.14. The summed E-state index contributed by atoms with van der Waals surface area (Å²) < 4.78 is 23.3. The molecule has 1 saturated heterocycles. The van der Waals surface area contributed by atoms with Crippen molar-refractivity contribution >= 4 is 21.4 Å². The lowest BCUT2D eigenvalue weighted by Crippen LogP contribution is -2.39. The number of nitrogens with zero attached hydrogens (tertiary/aromatic N) is 1. The van der Waals surface area contributed by atoms with E-state index in [4.69, 9.17) is 17.3 Å². The molecule has 0 aliphatic carbocycles. The van der Waals surface area contributed by atoms with Crippen LogP contribution in [0.25, 0.3) is 0 Å². The van der Waals surface area contributed by atoms with Crippen molar-refractivity contribution < 1.29 is 8.42 Å². The highest BCUT2D eigenvalue weighted by Crippen LogP contribution is 2.29. The standard InChI is InChI=1S/C14H21ClN2O2S/c1-10-7-11(15)3-4-13(10)14(8-16)17(2)12-5-6-20(18,19)9-12/h3-4,7,12,14H,5-6,8-9,16H2,1-2H3. The fraction of sp³-hybridized carbons (Fsp3) is 0.571. The average molecular weight is 317 g/mol. The highest BCUT2D eigenvalue weighted by Gasteiger charge is 2.33. The van der Waals surface area contributed by atoms with Gasteiger partial charge < -0.3 is 5.73 Å². The quantitative estimate of drug-likeness (QED) is 0.919. The number of likely N-dealkylation sites (N-methyl/N-ethyl adjacent to an activating group) is 1. The van der Waals surface area contributed by atoms with E-state index >= 15 is 0 Å². The minimum absolute atomic E-state index is 0.0190. The van der Waals surface area contributed by atoms with Gasteiger partial charge in [-0.05, 0) is 43.7 Å². The van der Waals surface area contributed by atoms with Crippen LogP contribution in [0.3, 0.4) is 0 Å². The van der Waals surface area contributed by atoms with Crippen molar-refractivity contribution in [3.63, 3.8) is 0 Å². The van der Waals surface area contributed by atoms with E-state index in [0.29, 0.717) is 18.0 Å². The monoisotopic (exact) mass is 316 g/mol. The Balaban J connectivity index is 2.23. The number of halogens is 1. The van der Waals surface area contributed by atoms with Crippen molar-refractivity contribution in [2.75, 3.05) is 25.1 Å². The molecular weight excluding hydrogens is 296 g/mol. The van der Waals surface area contributed by atoms with E-state index in [1.54, 1.807) is 0 Å². The molecule has 0 bridgehead atoms. The highest BCUT2D eigenvalue weighted by atomic mass is 35.5. The normalized spacial score (nSPS) is 23.1. The van der Waals surface area contributed by atoms with E-state index in [9.17, 15) is 8.42 Å². The van der Waals surface area contributed by atoms with Crippen molar-refractivity contribution in [2.24, 2.45) is 5.73 Å². The molecule has 6 heteroatoms. The van der Waals surface area contributed by atoms with Gasteiger partial charge in [0.25, 0.3) is 0 Å². The van der Waals surface area contributed by atoms with Crippen LogP contribution in [-0.4, -0.2) is 44.5 Å². The lowest BCUT2D eigenvalue weighted by molar-refractivity contribution is 0.192. The van der Waals surface area contributed by atoms with Crippen LogP contribution >= 0.6 is 11.6 Å². The van der Waals surface area contributed by atoms with Crippen LogP contribution in [-0.2, 0) is 9.84 Å². The lowest BCUT2D eigenvalue weighted by atomic mass is 9.99. The van der Waals surface area contributed by atoms with Crippen LogP contribution in [0.1, 0.15) is 23.6 Å². The molecule has 0 amide bonds. The molecule has 4 nitrogen and oxygen atoms in total. The van der Waals surface area contributed by atoms with E-state index in [0.717, 1.165) is 11.1 Å². The molecule has 1 aliphatic heterocycles. The molecule has 2 unspecified atom stereocenters. The van der Waals surface area contributed by atoms with Crippen molar-refractivity contribution in [2.45, 2.75) is 25.4 Å². The smallest absolute Gasteiger partial charge is 0.151 e. The Kier molecular flexibility index (Phi) is 4.74. The zero-order chi connectivity index (χ0) is 14.9. The number of aryl methyl sites for hydroxylation is 1. The molecular formula is C14H21ClN2O2S. The second-order valence-electron chi connectivity index (χ2n) is 5.47. The molecule has 1 heterocycles. The largest absolute Gasteiger partial charge is 0.329 e. The topological polar surface area (TPSA) is 63.4 Å². The summed E-state index contributed by atoms with van der Waals surface area (Å²) >= 11 is 5.98. The Morgan fingerprint density at radius 2 is 2.20 bits per heavy atom. The van der Waals surface area contributed by atoms with Crippen molar-refractivity contribution in [3.05, 3.63) is 34.3 Å². The molecule has 2 rings (SSSR count). The summed E-state index contributed by atoms with van der Waals surface area (Å²) in [4.78, 5) is 2.10. The first-order valence-electron chi connectivity index (χ1n) is 6.72. The van der Waals surface area contributed by atoms with Crippen LogP contribution in [0.2, 0.25) is 5.02 Å². The summed E-state index contributed by atoms with van der Waals surface area (Å²) in [5.74, 6) is 0.505. The Morgan fingerprint density at radius 3 is 2.70 bits per heavy atom. The summed E-state index contributed by atoms with van der Waals surface area (Å²) in [6.07, 6.45) is 0.683. The van der Waals surface area contributed by atoms with E-state index < -0.39 is 9.84 Å². The molecule has 1 aromatic carbocycles. The number of benzene rings is 1. The first kappa shape index (κ1) is 15.8. The maximum absolute atomic E-state index is 11.6. The van der Waals surface area contributed by atoms with Crippen molar-refractivity contribution in [3.8, 4) is 0 Å². The molecule has 112 valence electrons. The third-order valence-corrected chi connectivity index (χ3v) is 6.08. The van der Waals surface area contributed by atoms with Crippen LogP contribution < -0.4 is 5.73 Å². The summed E-state index contributed by atoms with van der Waals surface area (Å²) in [6, 6.07) is 5.81. The van der Waals surface area contributed by atoms with Gasteiger partial charge >= 0.3 is 0 Å². The van der Waals surface area contributed by atoms with Crippen molar-refractivity contribution in [1.82, 2.24) is 4.90 Å². The maximum Gasteiger partial charge on any atom is 0.151 e. The Bertz CT molecular complexity index is 589. The molecule has 1 aromatic rings. The number of nitrogens with two attached hydrogens (primary N) is 1. The van der Waals surface area contributed by atoms with Crippen molar-refractivity contribution in [1.29, 1.82) is 0 Å². The second kappa shape index (κ2) is 6.02. The van der Waals surface area contributed by atoms with Gasteiger partial charge in [0, 0.05) is 23.7 Å². The van der Waals surface area contributed by atoms with Gasteiger partial charge in [0.05, 0.1) is 11.5 Å². The third kappa shape index (κ3) is 3.34. The molecule has 1 aliphatic rings. The molecule has 0 aromatic heterocycles. The Morgan fingerprint density at radius 1 is 1.50 bits per heavy atom. The van der Waals surface area contributed by atoms with Crippen LogP contribution in [0.5, 0.6) is 0 Å². The zero-order valence-corrected chi connectivity index (χ0v) is 13.4. The van der Waals surface area contributed by atoms with Gasteiger partial charge in [0.1, 0.15) is 0 Å². The average Bonchev–Trinajstić information content (AvgIpc) is 2.73. The van der Waals surface area contributed by atoms with E-state index in [1.165, 1.54) is 0 Å². The zero-order valence-electron chi connectivity index (χ0n) is 11.8. The van der Waals surface area contributed by atoms with Gasteiger partial charge in [-0.3, -0.25) is 4.90 Å². The Hall–Kier alpha value is -0.620. The highest BCUT2D eigenvalue weighted by molar-refractivity contribution is 7.91. The number of rotatable bonds is 4. The molecule has 0 radical (unpaired) electrons. The number of hydrogen-bond donors (Lipinski definition) is 1. The van der Waals surface area contributed by atoms with Gasteiger partial charge in [0.2, 0.25) is 0 Å². The number of sulfone groups is 1. The summed E-state index contributed by atoms with van der Waals surface area (Å²) in [5.41, 5.74) is 8.12. The van der Waals surface area contributed by atoms with Gasteiger partial charge in [0.15, 0.2) is 9.84 Å². The summed E-state index contributed by atoms with van der Waals surface area (Å²) in [6.45, 7) is 2.46. The van der Waals surface area contributed by atoms with Crippen LogP contribution in [0, 0.1) is 6.92 Å². The fourth-order valence-corrected chi connectivity index (χ4v) is 4.89. The Labute approximate surface area is 125 Å². The van der Waals surface area contributed by atoms with E-state index in [-0.39, 0.29) is 23.6 Å². The summed E-state index contributed by atoms with van der Waals surface area (Å²) in [5, 5.41) is 0.702. The first-order chi connectivity index (χ1) is 9.34. The lowest BCUT2D eigenvalue weighted by Gasteiger charge is -2.33. The van der Waals surface area contributed by atoms with E-state index in [1.807, 2.05) is 32.2 Å². The molecule has 2 atom stereocenters. The molecule has 1 fully saturated rings. The molecule has 0 saturated carbocycles. The fourth-order valence-electron chi connectivity index (χ4n) is 2.88. The van der Waals surface area contributed by atoms with Gasteiger partial charge in [-0.15, -0.1) is 0 Å². The first-order valence-corrected chi connectivity index (χ1v) is 8.92. The maximum atomic E-state index is 11.6.